The Morgan fingerprint density at radius 2 is 2.43 bits per heavy atom. The number of hydrogen-bond acceptors (Lipinski definition) is 3. The summed E-state index contributed by atoms with van der Waals surface area (Å²) in [6.45, 7) is 2.46. The van der Waals surface area contributed by atoms with Crippen LogP contribution in [0, 0.1) is 5.92 Å². The largest absolute Gasteiger partial charge is 0.351 e. The highest BCUT2D eigenvalue weighted by atomic mass is 16.1. The highest BCUT2D eigenvalue weighted by molar-refractivity contribution is 5.94. The zero-order chi connectivity index (χ0) is 14.7. The minimum Gasteiger partial charge on any atom is -0.351 e. The van der Waals surface area contributed by atoms with E-state index in [1.807, 2.05) is 11.7 Å². The standard InChI is InChI=1S/C16H24N4O/c1-20-14-8-9-17-11-13(14)15(19-20)16(21)18-10-7-12-5-3-2-4-6-12/h2-3,12,17H,4-11H2,1H3,(H,18,21). The quantitative estimate of drug-likeness (QED) is 0.826. The van der Waals surface area contributed by atoms with Crippen molar-refractivity contribution in [2.24, 2.45) is 13.0 Å². The van der Waals surface area contributed by atoms with Crippen LogP contribution in [0.2, 0.25) is 0 Å². The van der Waals surface area contributed by atoms with Gasteiger partial charge in [-0.05, 0) is 31.6 Å². The number of hydrogen-bond donors (Lipinski definition) is 2. The third-order valence-electron chi connectivity index (χ3n) is 4.55. The number of carbonyl (C=O) groups excluding carboxylic acids is 1. The van der Waals surface area contributed by atoms with Crippen LogP contribution in [0.15, 0.2) is 12.2 Å². The summed E-state index contributed by atoms with van der Waals surface area (Å²) in [7, 11) is 1.93. The summed E-state index contributed by atoms with van der Waals surface area (Å²) in [5, 5.41) is 10.8. The monoisotopic (exact) mass is 288 g/mol. The Kier molecular flexibility index (Phi) is 4.39. The fraction of sp³-hybridized carbons (Fsp3) is 0.625. The number of amides is 1. The lowest BCUT2D eigenvalue weighted by molar-refractivity contribution is 0.0944. The van der Waals surface area contributed by atoms with E-state index in [1.54, 1.807) is 0 Å². The zero-order valence-electron chi connectivity index (χ0n) is 12.7. The first-order chi connectivity index (χ1) is 10.3. The highest BCUT2D eigenvalue weighted by Gasteiger charge is 2.23. The normalized spacial score (nSPS) is 21.1. The van der Waals surface area contributed by atoms with Crippen LogP contribution in [-0.4, -0.2) is 28.8 Å². The maximum atomic E-state index is 12.3. The van der Waals surface area contributed by atoms with Gasteiger partial charge in [0.2, 0.25) is 0 Å². The average molecular weight is 288 g/mol. The Bertz CT molecular complexity index is 547. The molecule has 21 heavy (non-hydrogen) atoms. The first kappa shape index (κ1) is 14.3. The molecule has 1 aliphatic heterocycles. The van der Waals surface area contributed by atoms with Crippen molar-refractivity contribution in [2.45, 2.75) is 38.6 Å². The number of nitrogens with zero attached hydrogens (tertiary/aromatic N) is 2. The van der Waals surface area contributed by atoms with Gasteiger partial charge in [-0.2, -0.15) is 5.10 Å². The molecule has 0 saturated heterocycles. The van der Waals surface area contributed by atoms with Crippen LogP contribution in [0.3, 0.4) is 0 Å². The van der Waals surface area contributed by atoms with E-state index in [2.05, 4.69) is 27.9 Å². The number of aryl methyl sites for hydroxylation is 1. The van der Waals surface area contributed by atoms with Gasteiger partial charge < -0.3 is 10.6 Å². The minimum absolute atomic E-state index is 0.0260. The topological polar surface area (TPSA) is 59.0 Å². The van der Waals surface area contributed by atoms with Crippen LogP contribution in [0.25, 0.3) is 0 Å². The molecule has 0 fully saturated rings. The second kappa shape index (κ2) is 6.43. The van der Waals surface area contributed by atoms with Gasteiger partial charge in [0.1, 0.15) is 0 Å². The van der Waals surface area contributed by atoms with E-state index in [0.29, 0.717) is 5.69 Å². The van der Waals surface area contributed by atoms with E-state index in [9.17, 15) is 4.79 Å². The van der Waals surface area contributed by atoms with Crippen molar-refractivity contribution in [1.29, 1.82) is 0 Å². The summed E-state index contributed by atoms with van der Waals surface area (Å²) >= 11 is 0. The van der Waals surface area contributed by atoms with Crippen molar-refractivity contribution < 1.29 is 4.79 Å². The molecule has 1 aromatic rings. The van der Waals surface area contributed by atoms with Gasteiger partial charge in [0.15, 0.2) is 5.69 Å². The van der Waals surface area contributed by atoms with E-state index in [0.717, 1.165) is 50.4 Å². The average Bonchev–Trinajstić information content (AvgIpc) is 2.86. The van der Waals surface area contributed by atoms with E-state index in [4.69, 9.17) is 0 Å². The van der Waals surface area contributed by atoms with Crippen LogP contribution < -0.4 is 10.6 Å². The molecule has 114 valence electrons. The minimum atomic E-state index is -0.0260. The van der Waals surface area contributed by atoms with Gasteiger partial charge in [0.05, 0.1) is 0 Å². The second-order valence-corrected chi connectivity index (χ2v) is 6.02. The van der Waals surface area contributed by atoms with Gasteiger partial charge in [0.25, 0.3) is 5.91 Å². The van der Waals surface area contributed by atoms with Crippen molar-refractivity contribution in [3.8, 4) is 0 Å². The molecule has 0 saturated carbocycles. The van der Waals surface area contributed by atoms with Gasteiger partial charge in [0, 0.05) is 44.4 Å². The molecular weight excluding hydrogens is 264 g/mol. The molecule has 3 rings (SSSR count). The van der Waals surface area contributed by atoms with Crippen molar-refractivity contribution in [1.82, 2.24) is 20.4 Å². The Balaban J connectivity index is 1.57. The van der Waals surface area contributed by atoms with E-state index < -0.39 is 0 Å². The Hall–Kier alpha value is -1.62. The number of aromatic nitrogens is 2. The molecule has 1 aromatic heterocycles. The molecule has 1 unspecified atom stereocenters. The molecular formula is C16H24N4O. The number of rotatable bonds is 4. The summed E-state index contributed by atoms with van der Waals surface area (Å²) in [6, 6.07) is 0. The lowest BCUT2D eigenvalue weighted by Crippen LogP contribution is -2.29. The fourth-order valence-electron chi connectivity index (χ4n) is 3.30. The lowest BCUT2D eigenvalue weighted by Gasteiger charge is -2.17. The maximum Gasteiger partial charge on any atom is 0.272 e. The molecule has 5 nitrogen and oxygen atoms in total. The van der Waals surface area contributed by atoms with Crippen LogP contribution in [0.1, 0.15) is 47.4 Å². The molecule has 1 atom stereocenters. The molecule has 0 aromatic carbocycles. The molecule has 2 N–H and O–H groups in total. The summed E-state index contributed by atoms with van der Waals surface area (Å²) in [5.41, 5.74) is 2.86. The number of allylic oxidation sites excluding steroid dienone is 2. The third-order valence-corrected chi connectivity index (χ3v) is 4.55. The van der Waals surface area contributed by atoms with Crippen molar-refractivity contribution in [3.05, 3.63) is 29.1 Å². The Morgan fingerprint density at radius 1 is 1.52 bits per heavy atom. The maximum absolute atomic E-state index is 12.3. The smallest absolute Gasteiger partial charge is 0.272 e. The first-order valence-electron chi connectivity index (χ1n) is 7.94. The van der Waals surface area contributed by atoms with E-state index in [1.165, 1.54) is 18.5 Å². The lowest BCUT2D eigenvalue weighted by atomic mass is 9.91. The molecule has 2 heterocycles. The van der Waals surface area contributed by atoms with E-state index >= 15 is 0 Å². The molecule has 0 bridgehead atoms. The molecule has 1 amide bonds. The summed E-state index contributed by atoms with van der Waals surface area (Å²) < 4.78 is 1.86. The summed E-state index contributed by atoms with van der Waals surface area (Å²) in [4.78, 5) is 12.3. The van der Waals surface area contributed by atoms with Gasteiger partial charge in [-0.25, -0.2) is 0 Å². The molecule has 1 aliphatic carbocycles. The fourth-order valence-corrected chi connectivity index (χ4v) is 3.30. The second-order valence-electron chi connectivity index (χ2n) is 6.02. The number of nitrogens with one attached hydrogen (secondary N) is 2. The number of fused-ring (bicyclic) bond motifs is 1. The van der Waals surface area contributed by atoms with Gasteiger partial charge in [-0.15, -0.1) is 0 Å². The van der Waals surface area contributed by atoms with Gasteiger partial charge >= 0.3 is 0 Å². The first-order valence-corrected chi connectivity index (χ1v) is 7.94. The number of carbonyl (C=O) groups is 1. The third kappa shape index (κ3) is 3.18. The predicted molar refractivity (Wildman–Crippen MR) is 82.0 cm³/mol. The van der Waals surface area contributed by atoms with Crippen LogP contribution in [0.4, 0.5) is 0 Å². The Labute approximate surface area is 125 Å². The van der Waals surface area contributed by atoms with Crippen molar-refractivity contribution >= 4 is 5.91 Å². The van der Waals surface area contributed by atoms with Crippen LogP contribution >= 0.6 is 0 Å². The zero-order valence-corrected chi connectivity index (χ0v) is 12.7. The summed E-state index contributed by atoms with van der Waals surface area (Å²) in [5.74, 6) is 0.691. The molecule has 0 spiro atoms. The molecule has 0 radical (unpaired) electrons. The van der Waals surface area contributed by atoms with Crippen LogP contribution in [-0.2, 0) is 20.0 Å². The van der Waals surface area contributed by atoms with Gasteiger partial charge in [-0.3, -0.25) is 9.48 Å². The summed E-state index contributed by atoms with van der Waals surface area (Å²) in [6.07, 6.45) is 10.1. The molecule has 5 heteroatoms. The highest BCUT2D eigenvalue weighted by Crippen LogP contribution is 2.21. The Morgan fingerprint density at radius 3 is 3.24 bits per heavy atom. The van der Waals surface area contributed by atoms with Crippen molar-refractivity contribution in [2.75, 3.05) is 13.1 Å². The van der Waals surface area contributed by atoms with Crippen LogP contribution in [0.5, 0.6) is 0 Å². The molecule has 2 aliphatic rings. The van der Waals surface area contributed by atoms with E-state index in [-0.39, 0.29) is 5.91 Å². The van der Waals surface area contributed by atoms with Gasteiger partial charge in [-0.1, -0.05) is 12.2 Å². The SMILES string of the molecule is Cn1nc(C(=O)NCCC2CC=CCC2)c2c1CCNC2. The van der Waals surface area contributed by atoms with Crippen molar-refractivity contribution in [3.63, 3.8) is 0 Å². The predicted octanol–water partition coefficient (Wildman–Crippen LogP) is 1.54.